The van der Waals surface area contributed by atoms with Gasteiger partial charge in [-0.05, 0) is 48.9 Å². The first-order valence-electron chi connectivity index (χ1n) is 15.1. The third-order valence-corrected chi connectivity index (χ3v) is 8.07. The van der Waals surface area contributed by atoms with E-state index in [0.717, 1.165) is 10.1 Å². The number of nitrogens with one attached hydrogen (secondary N) is 2. The summed E-state index contributed by atoms with van der Waals surface area (Å²) in [7, 11) is -4.84. The minimum Gasteiger partial charge on any atom is -0.459 e. The largest absolute Gasteiger partial charge is 0.493 e. The molecule has 2 aromatic rings. The number of aliphatic hydroxyl groups is 2. The molecule has 7 atom stereocenters. The van der Waals surface area contributed by atoms with E-state index in [0.29, 0.717) is 11.4 Å². The van der Waals surface area contributed by atoms with Gasteiger partial charge in [-0.2, -0.15) is 9.61 Å². The van der Waals surface area contributed by atoms with Crippen molar-refractivity contribution >= 4 is 43.1 Å². The summed E-state index contributed by atoms with van der Waals surface area (Å²) < 4.78 is 33.4. The number of rotatable bonds is 17. The number of halogens is 1. The van der Waals surface area contributed by atoms with Crippen LogP contribution in [0, 0.1) is 5.92 Å². The van der Waals surface area contributed by atoms with Crippen LogP contribution in [0.5, 0.6) is 0 Å². The van der Waals surface area contributed by atoms with Crippen molar-refractivity contribution in [3.63, 3.8) is 0 Å². The van der Waals surface area contributed by atoms with Gasteiger partial charge in [-0.3, -0.25) is 18.9 Å². The maximum Gasteiger partial charge on any atom is 0.493 e. The van der Waals surface area contributed by atoms with Crippen LogP contribution in [-0.4, -0.2) is 86.0 Å². The maximum absolute atomic E-state index is 12.7. The molecule has 272 valence electrons. The van der Waals surface area contributed by atoms with E-state index in [1.807, 2.05) is 19.3 Å². The van der Waals surface area contributed by atoms with Gasteiger partial charge in [0.05, 0.1) is 12.6 Å². The standard InChI is InChI=1S/C28H42ClN8O11P/c1-15(2)12-19(26(41)45-13-16-5-7-17(29)8-6-16)34-24(40)18(30)4-3-10-33-27(32)36-48-49(43,44)46-14-20-22(38)23(39)25(47-20)37-11-9-21(31)35-28(37)42/h5-9,11,15,18-20,22-23,25,38-39H,3-4,10,12-14,30H2,1-2H3,(H,34,40)(H,43,44)(H2,31,35,42)(H3,32,33,36)/t18?,19?,20-,22-,23-,25-/m1/s1. The van der Waals surface area contributed by atoms with Crippen LogP contribution in [0.15, 0.2) is 46.3 Å². The summed E-state index contributed by atoms with van der Waals surface area (Å²) in [4.78, 5) is 54.9. The molecule has 0 saturated carbocycles. The van der Waals surface area contributed by atoms with E-state index < -0.39 is 74.6 Å². The second kappa shape index (κ2) is 18.4. The van der Waals surface area contributed by atoms with Crippen LogP contribution in [0.2, 0.25) is 5.02 Å². The van der Waals surface area contributed by atoms with Crippen molar-refractivity contribution in [2.24, 2.45) is 22.4 Å². The summed E-state index contributed by atoms with van der Waals surface area (Å²) >= 11 is 5.88. The molecule has 0 spiro atoms. The maximum atomic E-state index is 12.7. The minimum atomic E-state index is -4.84. The Morgan fingerprint density at radius 1 is 1.20 bits per heavy atom. The second-order valence-electron chi connectivity index (χ2n) is 11.5. The summed E-state index contributed by atoms with van der Waals surface area (Å²) in [5, 5.41) is 23.8. The number of anilines is 1. The lowest BCUT2D eigenvalue weighted by Gasteiger charge is -2.21. The molecular weight excluding hydrogens is 691 g/mol. The van der Waals surface area contributed by atoms with Gasteiger partial charge in [-0.25, -0.2) is 19.6 Å². The summed E-state index contributed by atoms with van der Waals surface area (Å²) in [5.41, 5.74) is 19.0. The molecule has 0 radical (unpaired) electrons. The number of carbonyl (C=O) groups is 2. The van der Waals surface area contributed by atoms with Gasteiger partial charge in [0.2, 0.25) is 11.9 Å². The first-order valence-corrected chi connectivity index (χ1v) is 17.0. The van der Waals surface area contributed by atoms with Gasteiger partial charge in [0.25, 0.3) is 0 Å². The van der Waals surface area contributed by atoms with Crippen LogP contribution in [0.1, 0.15) is 44.9 Å². The van der Waals surface area contributed by atoms with E-state index in [1.54, 1.807) is 24.3 Å². The Balaban J connectivity index is 1.39. The number of phosphoric ester groups is 1. The van der Waals surface area contributed by atoms with E-state index in [9.17, 15) is 34.1 Å². The zero-order chi connectivity index (χ0) is 36.3. The molecule has 3 unspecified atom stereocenters. The smallest absolute Gasteiger partial charge is 0.459 e. The van der Waals surface area contributed by atoms with E-state index in [4.69, 9.17) is 42.8 Å². The summed E-state index contributed by atoms with van der Waals surface area (Å²) in [6.07, 6.45) is -3.92. The highest BCUT2D eigenvalue weighted by molar-refractivity contribution is 7.47. The number of benzene rings is 1. The highest BCUT2D eigenvalue weighted by Crippen LogP contribution is 2.43. The van der Waals surface area contributed by atoms with E-state index in [2.05, 4.69) is 19.9 Å². The van der Waals surface area contributed by atoms with Gasteiger partial charge in [0.15, 0.2) is 6.23 Å². The summed E-state index contributed by atoms with van der Waals surface area (Å²) in [6, 6.07) is 6.20. The molecule has 21 heteroatoms. The predicted molar refractivity (Wildman–Crippen MR) is 175 cm³/mol. The highest BCUT2D eigenvalue weighted by Gasteiger charge is 2.45. The Morgan fingerprint density at radius 2 is 1.90 bits per heavy atom. The van der Waals surface area contributed by atoms with Crippen LogP contribution in [0.25, 0.3) is 0 Å². The normalized spacial score (nSPS) is 21.9. The number of guanidine groups is 1. The number of ether oxygens (including phenoxy) is 2. The number of aliphatic hydroxyl groups excluding tert-OH is 2. The lowest BCUT2D eigenvalue weighted by molar-refractivity contribution is -0.149. The van der Waals surface area contributed by atoms with Crippen LogP contribution >= 0.6 is 19.4 Å². The molecule has 3 rings (SSSR count). The Morgan fingerprint density at radius 3 is 2.55 bits per heavy atom. The number of nitrogens with zero attached hydrogens (tertiary/aromatic N) is 3. The number of hydrogen-bond donors (Lipinski definition) is 8. The summed E-state index contributed by atoms with van der Waals surface area (Å²) in [5.74, 6) is -1.55. The van der Waals surface area contributed by atoms with Crippen LogP contribution in [0.4, 0.5) is 5.82 Å². The third kappa shape index (κ3) is 12.6. The molecule has 1 fully saturated rings. The number of hydroxylamine groups is 1. The van der Waals surface area contributed by atoms with Gasteiger partial charge in [0, 0.05) is 17.8 Å². The van der Waals surface area contributed by atoms with Crippen molar-refractivity contribution in [2.45, 2.75) is 76.3 Å². The van der Waals surface area contributed by atoms with Crippen molar-refractivity contribution in [2.75, 3.05) is 18.9 Å². The molecule has 49 heavy (non-hydrogen) atoms. The molecule has 19 nitrogen and oxygen atoms in total. The van der Waals surface area contributed by atoms with Gasteiger partial charge in [0.1, 0.15) is 36.8 Å². The van der Waals surface area contributed by atoms with Crippen LogP contribution < -0.4 is 33.7 Å². The Hall–Kier alpha value is -3.65. The van der Waals surface area contributed by atoms with Crippen LogP contribution in [-0.2, 0) is 39.4 Å². The van der Waals surface area contributed by atoms with Crippen LogP contribution in [0.3, 0.4) is 0 Å². The molecule has 1 aliphatic rings. The molecule has 1 aromatic heterocycles. The average molecular weight is 733 g/mol. The number of carbonyl (C=O) groups excluding carboxylic acids is 2. The van der Waals surface area contributed by atoms with Crippen molar-refractivity contribution in [3.8, 4) is 0 Å². The Labute approximate surface area is 286 Å². The predicted octanol–water partition coefficient (Wildman–Crippen LogP) is -0.567. The molecule has 11 N–H and O–H groups in total. The lowest BCUT2D eigenvalue weighted by atomic mass is 10.0. The quantitative estimate of drug-likeness (QED) is 0.0252. The van der Waals surface area contributed by atoms with Gasteiger partial charge < -0.3 is 47.1 Å². The minimum absolute atomic E-state index is 0.0109. The van der Waals surface area contributed by atoms with Crippen molar-refractivity contribution in [1.29, 1.82) is 0 Å². The first-order chi connectivity index (χ1) is 23.1. The van der Waals surface area contributed by atoms with Gasteiger partial charge in [-0.1, -0.05) is 37.6 Å². The number of aromatic nitrogens is 2. The number of amides is 1. The van der Waals surface area contributed by atoms with Crippen molar-refractivity contribution in [3.05, 3.63) is 57.6 Å². The Bertz CT molecular complexity index is 1550. The van der Waals surface area contributed by atoms with Crippen molar-refractivity contribution < 1.29 is 47.9 Å². The topological polar surface area (TPSA) is 298 Å². The highest BCUT2D eigenvalue weighted by atomic mass is 35.5. The molecular formula is C28H42ClN8O11P. The molecule has 0 aliphatic carbocycles. The number of hydrogen-bond acceptors (Lipinski definition) is 14. The second-order valence-corrected chi connectivity index (χ2v) is 13.3. The zero-order valence-electron chi connectivity index (χ0n) is 26.8. The molecule has 0 bridgehead atoms. The monoisotopic (exact) mass is 732 g/mol. The first kappa shape index (κ1) is 39.8. The SMILES string of the molecule is CC(C)CC(NC(=O)C(N)CCCN=C(N)NOP(=O)(O)OC[C@H]1O[C@@H](n2ccc(N)nc2=O)[C@H](O)[C@@H]1O)C(=O)OCc1ccc(Cl)cc1. The fourth-order valence-corrected chi connectivity index (χ4v) is 5.21. The molecule has 2 heterocycles. The molecule has 1 aromatic carbocycles. The molecule has 1 amide bonds. The third-order valence-electron chi connectivity index (χ3n) is 7.03. The fraction of sp³-hybridized carbons (Fsp3) is 0.536. The lowest BCUT2D eigenvalue weighted by Crippen LogP contribution is -2.49. The average Bonchev–Trinajstić information content (AvgIpc) is 3.32. The van der Waals surface area contributed by atoms with Crippen molar-refractivity contribution in [1.82, 2.24) is 20.3 Å². The Kier molecular flexibility index (Phi) is 14.9. The van der Waals surface area contributed by atoms with Gasteiger partial charge >= 0.3 is 19.5 Å². The summed E-state index contributed by atoms with van der Waals surface area (Å²) in [6.45, 7) is 3.12. The number of aliphatic imine (C=N–C) groups is 1. The number of nitrogens with two attached hydrogens (primary N) is 3. The van der Waals surface area contributed by atoms with Gasteiger partial charge in [-0.15, -0.1) is 0 Å². The van der Waals surface area contributed by atoms with E-state index in [-0.39, 0.29) is 37.7 Å². The van der Waals surface area contributed by atoms with E-state index in [1.165, 1.54) is 12.3 Å². The zero-order valence-corrected chi connectivity index (χ0v) is 28.4. The number of phosphoric acid groups is 1. The fourth-order valence-electron chi connectivity index (χ4n) is 4.49. The molecule has 1 saturated heterocycles. The van der Waals surface area contributed by atoms with E-state index >= 15 is 0 Å². The number of nitrogen functional groups attached to an aromatic ring is 1. The number of esters is 1. The molecule has 1 aliphatic heterocycles.